The fourth-order valence-electron chi connectivity index (χ4n) is 2.42. The van der Waals surface area contributed by atoms with Gasteiger partial charge in [0.25, 0.3) is 0 Å². The molecule has 1 aromatic heterocycles. The second-order valence-electron chi connectivity index (χ2n) is 4.84. The largest absolute Gasteiger partial charge is 0.465 e. The van der Waals surface area contributed by atoms with Crippen molar-refractivity contribution < 1.29 is 14.6 Å². The highest BCUT2D eigenvalue weighted by Gasteiger charge is 2.21. The molecule has 2 atom stereocenters. The molecule has 0 radical (unpaired) electrons. The van der Waals surface area contributed by atoms with Gasteiger partial charge in [0.2, 0.25) is 0 Å². The number of carbonyl (C=O) groups is 1. The van der Waals surface area contributed by atoms with Crippen molar-refractivity contribution in [3.8, 4) is 0 Å². The molecule has 19 heavy (non-hydrogen) atoms. The number of nitrogens with one attached hydrogen (secondary N) is 1. The molecule has 2 N–H and O–H groups in total. The Morgan fingerprint density at radius 1 is 1.58 bits per heavy atom. The Morgan fingerprint density at radius 2 is 2.42 bits per heavy atom. The van der Waals surface area contributed by atoms with Gasteiger partial charge in [0.15, 0.2) is 0 Å². The molecule has 1 aliphatic carbocycles. The molecule has 1 aromatic rings. The van der Waals surface area contributed by atoms with Crippen molar-refractivity contribution >= 4 is 11.8 Å². The first kappa shape index (κ1) is 13.7. The maximum Gasteiger partial charge on any atom is 0.343 e. The standard InChI is InChI=1S/C13H19N3O3/c1-19-13(18)11-7-14-8-16-12(11)15-6-9-3-2-4-10(17)5-9/h7-10,17H,2-6H2,1H3,(H,14,15,16). The summed E-state index contributed by atoms with van der Waals surface area (Å²) in [5, 5.41) is 12.8. The summed E-state index contributed by atoms with van der Waals surface area (Å²) in [6.07, 6.45) is 6.44. The van der Waals surface area contributed by atoms with Gasteiger partial charge in [0, 0.05) is 12.7 Å². The van der Waals surface area contributed by atoms with Gasteiger partial charge in [0.05, 0.1) is 13.2 Å². The average molecular weight is 265 g/mol. The number of aliphatic hydroxyl groups is 1. The van der Waals surface area contributed by atoms with Crippen LogP contribution >= 0.6 is 0 Å². The van der Waals surface area contributed by atoms with Crippen LogP contribution in [0, 0.1) is 5.92 Å². The Morgan fingerprint density at radius 3 is 3.16 bits per heavy atom. The third-order valence-electron chi connectivity index (χ3n) is 3.43. The zero-order valence-corrected chi connectivity index (χ0v) is 11.0. The van der Waals surface area contributed by atoms with E-state index in [9.17, 15) is 9.90 Å². The van der Waals surface area contributed by atoms with Crippen molar-refractivity contribution in [3.05, 3.63) is 18.1 Å². The smallest absolute Gasteiger partial charge is 0.343 e. The number of nitrogens with zero attached hydrogens (tertiary/aromatic N) is 2. The molecular formula is C13H19N3O3. The monoisotopic (exact) mass is 265 g/mol. The number of aromatic nitrogens is 2. The molecule has 0 amide bonds. The Hall–Kier alpha value is -1.69. The summed E-state index contributed by atoms with van der Waals surface area (Å²) in [7, 11) is 1.33. The quantitative estimate of drug-likeness (QED) is 0.796. The number of anilines is 1. The predicted molar refractivity (Wildman–Crippen MR) is 69.8 cm³/mol. The molecule has 1 heterocycles. The van der Waals surface area contributed by atoms with Crippen molar-refractivity contribution in [2.24, 2.45) is 5.92 Å². The van der Waals surface area contributed by atoms with Crippen LogP contribution in [0.5, 0.6) is 0 Å². The lowest BCUT2D eigenvalue weighted by atomic mass is 9.87. The number of methoxy groups -OCH3 is 1. The van der Waals surface area contributed by atoms with Crippen molar-refractivity contribution in [2.75, 3.05) is 19.0 Å². The first-order valence-corrected chi connectivity index (χ1v) is 6.51. The maximum atomic E-state index is 11.6. The van der Waals surface area contributed by atoms with E-state index in [1.807, 2.05) is 0 Å². The summed E-state index contributed by atoms with van der Waals surface area (Å²) in [5.41, 5.74) is 0.335. The lowest BCUT2D eigenvalue weighted by Crippen LogP contribution is -2.25. The third kappa shape index (κ3) is 3.64. The maximum absolute atomic E-state index is 11.6. The Balaban J connectivity index is 1.97. The van der Waals surface area contributed by atoms with Crippen LogP contribution in [0.1, 0.15) is 36.0 Å². The normalized spacial score (nSPS) is 22.8. The van der Waals surface area contributed by atoms with E-state index >= 15 is 0 Å². The van der Waals surface area contributed by atoms with Crippen LogP contribution in [0.3, 0.4) is 0 Å². The summed E-state index contributed by atoms with van der Waals surface area (Å²) in [5.74, 6) is 0.443. The topological polar surface area (TPSA) is 84.3 Å². The van der Waals surface area contributed by atoms with E-state index in [1.54, 1.807) is 0 Å². The Bertz CT molecular complexity index is 439. The van der Waals surface area contributed by atoms with Gasteiger partial charge in [-0.3, -0.25) is 0 Å². The Kier molecular flexibility index (Phi) is 4.68. The second kappa shape index (κ2) is 6.47. The highest BCUT2D eigenvalue weighted by atomic mass is 16.5. The lowest BCUT2D eigenvalue weighted by Gasteiger charge is -2.26. The van der Waals surface area contributed by atoms with E-state index in [-0.39, 0.29) is 6.10 Å². The molecule has 6 nitrogen and oxygen atoms in total. The van der Waals surface area contributed by atoms with Crippen LogP contribution in [0.2, 0.25) is 0 Å². The van der Waals surface area contributed by atoms with E-state index < -0.39 is 5.97 Å². The van der Waals surface area contributed by atoms with Gasteiger partial charge in [-0.25, -0.2) is 14.8 Å². The molecule has 0 spiro atoms. The average Bonchev–Trinajstić information content (AvgIpc) is 2.45. The number of hydrogen-bond acceptors (Lipinski definition) is 6. The van der Waals surface area contributed by atoms with Gasteiger partial charge in [-0.05, 0) is 25.2 Å². The summed E-state index contributed by atoms with van der Waals surface area (Å²) in [6.45, 7) is 0.693. The van der Waals surface area contributed by atoms with E-state index in [4.69, 9.17) is 0 Å². The zero-order valence-electron chi connectivity index (χ0n) is 11.0. The van der Waals surface area contributed by atoms with Crippen molar-refractivity contribution in [1.82, 2.24) is 9.97 Å². The summed E-state index contributed by atoms with van der Waals surface area (Å²) < 4.78 is 4.69. The Labute approximate surface area is 112 Å². The predicted octanol–water partition coefficient (Wildman–Crippen LogP) is 1.23. The highest BCUT2D eigenvalue weighted by molar-refractivity contribution is 5.94. The number of ether oxygens (including phenoxy) is 1. The molecule has 6 heteroatoms. The van der Waals surface area contributed by atoms with Gasteiger partial charge in [-0.2, -0.15) is 0 Å². The zero-order chi connectivity index (χ0) is 13.7. The van der Waals surface area contributed by atoms with Crippen LogP contribution in [0.25, 0.3) is 0 Å². The third-order valence-corrected chi connectivity index (χ3v) is 3.43. The molecule has 0 aromatic carbocycles. The molecule has 0 bridgehead atoms. The van der Waals surface area contributed by atoms with Gasteiger partial charge >= 0.3 is 5.97 Å². The fraction of sp³-hybridized carbons (Fsp3) is 0.615. The first-order valence-electron chi connectivity index (χ1n) is 6.51. The minimum Gasteiger partial charge on any atom is -0.465 e. The van der Waals surface area contributed by atoms with Crippen LogP contribution in [0.15, 0.2) is 12.5 Å². The van der Waals surface area contributed by atoms with E-state index in [2.05, 4.69) is 20.0 Å². The number of carbonyl (C=O) groups excluding carboxylic acids is 1. The molecule has 1 aliphatic rings. The number of hydrogen-bond donors (Lipinski definition) is 2. The summed E-state index contributed by atoms with van der Waals surface area (Å²) in [6, 6.07) is 0. The molecule has 2 rings (SSSR count). The van der Waals surface area contributed by atoms with E-state index in [0.717, 1.165) is 25.7 Å². The van der Waals surface area contributed by atoms with Gasteiger partial charge in [0.1, 0.15) is 17.7 Å². The summed E-state index contributed by atoms with van der Waals surface area (Å²) in [4.78, 5) is 19.5. The van der Waals surface area contributed by atoms with Crippen LogP contribution in [0.4, 0.5) is 5.82 Å². The highest BCUT2D eigenvalue weighted by Crippen LogP contribution is 2.24. The molecular weight excluding hydrogens is 246 g/mol. The molecule has 0 saturated heterocycles. The van der Waals surface area contributed by atoms with Crippen LogP contribution < -0.4 is 5.32 Å². The van der Waals surface area contributed by atoms with E-state index in [1.165, 1.54) is 19.6 Å². The molecule has 0 aliphatic heterocycles. The van der Waals surface area contributed by atoms with Crippen molar-refractivity contribution in [1.29, 1.82) is 0 Å². The van der Waals surface area contributed by atoms with Gasteiger partial charge in [-0.1, -0.05) is 6.42 Å². The van der Waals surface area contributed by atoms with Gasteiger partial charge in [-0.15, -0.1) is 0 Å². The lowest BCUT2D eigenvalue weighted by molar-refractivity contribution is 0.0600. The molecule has 1 fully saturated rings. The fourth-order valence-corrected chi connectivity index (χ4v) is 2.42. The first-order chi connectivity index (χ1) is 9.20. The minimum absolute atomic E-state index is 0.203. The van der Waals surface area contributed by atoms with Crippen LogP contribution in [-0.4, -0.2) is 40.8 Å². The molecule has 104 valence electrons. The number of rotatable bonds is 4. The minimum atomic E-state index is -0.452. The molecule has 1 saturated carbocycles. The second-order valence-corrected chi connectivity index (χ2v) is 4.84. The van der Waals surface area contributed by atoms with Crippen molar-refractivity contribution in [2.45, 2.75) is 31.8 Å². The van der Waals surface area contributed by atoms with Crippen LogP contribution in [-0.2, 0) is 4.74 Å². The number of esters is 1. The summed E-state index contributed by atoms with van der Waals surface area (Å²) >= 11 is 0. The number of aliphatic hydroxyl groups excluding tert-OH is 1. The molecule has 2 unspecified atom stereocenters. The van der Waals surface area contributed by atoms with Crippen molar-refractivity contribution in [3.63, 3.8) is 0 Å². The SMILES string of the molecule is COC(=O)c1cncnc1NCC1CCCC(O)C1. The van der Waals surface area contributed by atoms with E-state index in [0.29, 0.717) is 23.8 Å². The van der Waals surface area contributed by atoms with Gasteiger partial charge < -0.3 is 15.2 Å².